The van der Waals surface area contributed by atoms with Crippen LogP contribution < -0.4 is 0 Å². The summed E-state index contributed by atoms with van der Waals surface area (Å²) in [4.78, 5) is 9.59. The summed E-state index contributed by atoms with van der Waals surface area (Å²) in [7, 11) is 0. The SMILES string of the molecule is Cl.Cl.O=COC1CCC1. The third-order valence-corrected chi connectivity index (χ3v) is 1.30. The van der Waals surface area contributed by atoms with Gasteiger partial charge in [0.1, 0.15) is 6.10 Å². The lowest BCUT2D eigenvalue weighted by Crippen LogP contribution is -2.20. The molecule has 0 unspecified atom stereocenters. The van der Waals surface area contributed by atoms with E-state index in [2.05, 4.69) is 4.74 Å². The molecule has 1 aliphatic rings. The largest absolute Gasteiger partial charge is 0.465 e. The number of hydrogen-bond donors (Lipinski definition) is 0. The molecule has 0 N–H and O–H groups in total. The van der Waals surface area contributed by atoms with Gasteiger partial charge in [-0.25, -0.2) is 0 Å². The Morgan fingerprint density at radius 1 is 1.33 bits per heavy atom. The molecule has 0 aliphatic heterocycles. The van der Waals surface area contributed by atoms with E-state index in [0.717, 1.165) is 12.8 Å². The van der Waals surface area contributed by atoms with Gasteiger partial charge in [0, 0.05) is 0 Å². The van der Waals surface area contributed by atoms with Gasteiger partial charge in [-0.2, -0.15) is 0 Å². The van der Waals surface area contributed by atoms with Gasteiger partial charge < -0.3 is 4.74 Å². The van der Waals surface area contributed by atoms with Gasteiger partial charge in [-0.05, 0) is 19.3 Å². The zero-order valence-corrected chi connectivity index (χ0v) is 6.54. The van der Waals surface area contributed by atoms with Crippen molar-refractivity contribution in [3.05, 3.63) is 0 Å². The summed E-state index contributed by atoms with van der Waals surface area (Å²) < 4.78 is 4.60. The van der Waals surface area contributed by atoms with Crippen LogP contribution in [0.2, 0.25) is 0 Å². The predicted octanol–water partition coefficient (Wildman–Crippen LogP) is 1.56. The first-order chi connectivity index (χ1) is 3.43. The molecule has 1 saturated carbocycles. The number of ether oxygens (including phenoxy) is 1. The standard InChI is InChI=1S/C5H8O2.2ClH/c6-4-7-5-2-1-3-5;;/h4-5H,1-3H2;2*1H. The number of hydrogen-bond acceptors (Lipinski definition) is 2. The molecular formula is C5H10Cl2O2. The topological polar surface area (TPSA) is 26.3 Å². The Hall–Kier alpha value is 0.0500. The molecule has 0 amide bonds. The van der Waals surface area contributed by atoms with Crippen molar-refractivity contribution in [1.29, 1.82) is 0 Å². The van der Waals surface area contributed by atoms with Gasteiger partial charge in [0.05, 0.1) is 0 Å². The molecular weight excluding hydrogens is 163 g/mol. The van der Waals surface area contributed by atoms with Crippen LogP contribution in [0.5, 0.6) is 0 Å². The average molecular weight is 173 g/mol. The molecule has 1 rings (SSSR count). The summed E-state index contributed by atoms with van der Waals surface area (Å²) in [6, 6.07) is 0. The predicted molar refractivity (Wildman–Crippen MR) is 39.3 cm³/mol. The van der Waals surface area contributed by atoms with Crippen LogP contribution in [-0.4, -0.2) is 12.6 Å². The van der Waals surface area contributed by atoms with E-state index in [4.69, 9.17) is 0 Å². The van der Waals surface area contributed by atoms with Crippen LogP contribution in [0.1, 0.15) is 19.3 Å². The summed E-state index contributed by atoms with van der Waals surface area (Å²) >= 11 is 0. The first-order valence-corrected chi connectivity index (χ1v) is 2.52. The molecule has 0 radical (unpaired) electrons. The van der Waals surface area contributed by atoms with Gasteiger partial charge in [-0.1, -0.05) is 0 Å². The minimum atomic E-state index is 0. The maximum atomic E-state index is 9.59. The highest BCUT2D eigenvalue weighted by molar-refractivity contribution is 5.85. The van der Waals surface area contributed by atoms with Gasteiger partial charge in [0.15, 0.2) is 0 Å². The van der Waals surface area contributed by atoms with Crippen LogP contribution >= 0.6 is 24.8 Å². The van der Waals surface area contributed by atoms with E-state index in [-0.39, 0.29) is 30.9 Å². The highest BCUT2D eigenvalue weighted by Crippen LogP contribution is 2.20. The molecule has 0 saturated heterocycles. The molecule has 4 heteroatoms. The van der Waals surface area contributed by atoms with Crippen molar-refractivity contribution < 1.29 is 9.53 Å². The van der Waals surface area contributed by atoms with E-state index >= 15 is 0 Å². The normalized spacial score (nSPS) is 16.0. The molecule has 0 heterocycles. The molecule has 0 bridgehead atoms. The van der Waals surface area contributed by atoms with Crippen LogP contribution in [0, 0.1) is 0 Å². The van der Waals surface area contributed by atoms with Gasteiger partial charge in [-0.3, -0.25) is 4.79 Å². The molecule has 56 valence electrons. The van der Waals surface area contributed by atoms with E-state index in [0.29, 0.717) is 6.47 Å². The third kappa shape index (κ3) is 3.60. The van der Waals surface area contributed by atoms with Gasteiger partial charge in [0.25, 0.3) is 6.47 Å². The maximum absolute atomic E-state index is 9.59. The summed E-state index contributed by atoms with van der Waals surface area (Å²) in [5, 5.41) is 0. The summed E-state index contributed by atoms with van der Waals surface area (Å²) in [5.74, 6) is 0. The molecule has 0 aromatic heterocycles. The molecule has 1 fully saturated rings. The van der Waals surface area contributed by atoms with Crippen molar-refractivity contribution in [1.82, 2.24) is 0 Å². The summed E-state index contributed by atoms with van der Waals surface area (Å²) in [6.45, 7) is 0.532. The zero-order valence-electron chi connectivity index (χ0n) is 4.91. The Bertz CT molecular complexity index is 73.4. The average Bonchev–Trinajstić information content (AvgIpc) is 1.55. The van der Waals surface area contributed by atoms with Crippen molar-refractivity contribution >= 4 is 31.3 Å². The Kier molecular flexibility index (Phi) is 8.09. The van der Waals surface area contributed by atoms with Crippen LogP contribution in [0.25, 0.3) is 0 Å². The molecule has 0 spiro atoms. The Balaban J connectivity index is 0. The minimum absolute atomic E-state index is 0. The van der Waals surface area contributed by atoms with Crippen LogP contribution in [0.4, 0.5) is 0 Å². The van der Waals surface area contributed by atoms with Crippen molar-refractivity contribution in [2.45, 2.75) is 25.4 Å². The van der Waals surface area contributed by atoms with Crippen molar-refractivity contribution in [2.75, 3.05) is 0 Å². The van der Waals surface area contributed by atoms with Crippen molar-refractivity contribution in [2.24, 2.45) is 0 Å². The fourth-order valence-electron chi connectivity index (χ4n) is 0.585. The summed E-state index contributed by atoms with van der Waals surface area (Å²) in [5.41, 5.74) is 0. The smallest absolute Gasteiger partial charge is 0.293 e. The molecule has 9 heavy (non-hydrogen) atoms. The van der Waals surface area contributed by atoms with E-state index in [1.807, 2.05) is 0 Å². The lowest BCUT2D eigenvalue weighted by atomic mass is 9.96. The second kappa shape index (κ2) is 6.17. The van der Waals surface area contributed by atoms with E-state index in [9.17, 15) is 4.79 Å². The Morgan fingerprint density at radius 3 is 2.00 bits per heavy atom. The lowest BCUT2D eigenvalue weighted by molar-refractivity contribution is -0.137. The molecule has 0 aromatic rings. The number of halogens is 2. The number of rotatable bonds is 2. The van der Waals surface area contributed by atoms with Gasteiger partial charge in [-0.15, -0.1) is 24.8 Å². The third-order valence-electron chi connectivity index (χ3n) is 1.30. The fourth-order valence-corrected chi connectivity index (χ4v) is 0.585. The quantitative estimate of drug-likeness (QED) is 0.592. The number of carbonyl (C=O) groups excluding carboxylic acids is 1. The summed E-state index contributed by atoms with van der Waals surface area (Å²) in [6.07, 6.45) is 3.62. The Labute approximate surface area is 66.8 Å². The fraction of sp³-hybridized carbons (Fsp3) is 0.800. The van der Waals surface area contributed by atoms with Crippen LogP contribution in [-0.2, 0) is 9.53 Å². The number of carbonyl (C=O) groups is 1. The zero-order chi connectivity index (χ0) is 5.11. The monoisotopic (exact) mass is 172 g/mol. The molecule has 2 nitrogen and oxygen atoms in total. The van der Waals surface area contributed by atoms with E-state index in [1.165, 1.54) is 6.42 Å². The lowest BCUT2D eigenvalue weighted by Gasteiger charge is -2.22. The molecule has 0 aromatic carbocycles. The van der Waals surface area contributed by atoms with Crippen molar-refractivity contribution in [3.63, 3.8) is 0 Å². The second-order valence-electron chi connectivity index (χ2n) is 1.79. The molecule has 1 aliphatic carbocycles. The minimum Gasteiger partial charge on any atom is -0.465 e. The molecule has 0 atom stereocenters. The Morgan fingerprint density at radius 2 is 1.89 bits per heavy atom. The van der Waals surface area contributed by atoms with Gasteiger partial charge in [0.2, 0.25) is 0 Å². The highest BCUT2D eigenvalue weighted by atomic mass is 35.5. The van der Waals surface area contributed by atoms with Crippen molar-refractivity contribution in [3.8, 4) is 0 Å². The van der Waals surface area contributed by atoms with E-state index < -0.39 is 0 Å². The maximum Gasteiger partial charge on any atom is 0.293 e. The van der Waals surface area contributed by atoms with Gasteiger partial charge >= 0.3 is 0 Å². The van der Waals surface area contributed by atoms with E-state index in [1.54, 1.807) is 0 Å². The van der Waals surface area contributed by atoms with Crippen LogP contribution in [0.3, 0.4) is 0 Å². The first kappa shape index (κ1) is 11.8. The van der Waals surface area contributed by atoms with Crippen LogP contribution in [0.15, 0.2) is 0 Å². The first-order valence-electron chi connectivity index (χ1n) is 2.52. The highest BCUT2D eigenvalue weighted by Gasteiger charge is 2.17. The second-order valence-corrected chi connectivity index (χ2v) is 1.79.